The molecule has 0 bridgehead atoms. The summed E-state index contributed by atoms with van der Waals surface area (Å²) in [6.45, 7) is 1.22. The van der Waals surface area contributed by atoms with E-state index in [0.717, 1.165) is 24.3 Å². The Kier molecular flexibility index (Phi) is 7.04. The number of hydrogen-bond donors (Lipinski definition) is 1. The second-order valence-corrected chi connectivity index (χ2v) is 4.27. The second kappa shape index (κ2) is 8.78. The predicted molar refractivity (Wildman–Crippen MR) is 76.8 cm³/mol. The molecule has 22 heavy (non-hydrogen) atoms. The van der Waals surface area contributed by atoms with E-state index in [1.807, 2.05) is 0 Å². The molecule has 1 rings (SSSR count). The first-order valence-electron chi connectivity index (χ1n) is 6.19. The molecule has 0 unspecified atom stereocenters. The molecule has 0 aromatic heterocycles. The molecule has 0 saturated heterocycles. The predicted octanol–water partition coefficient (Wildman–Crippen LogP) is 2.08. The lowest BCUT2D eigenvalue weighted by Gasteiger charge is -2.07. The first kappa shape index (κ1) is 17.6. The SMILES string of the molecule is CCOC(=O)/C=C/C(=O)OCC(=O)Nc1ccc(F)cc1Cl. The zero-order chi connectivity index (χ0) is 16.5. The molecule has 0 aliphatic heterocycles. The van der Waals surface area contributed by atoms with Crippen molar-refractivity contribution in [3.05, 3.63) is 41.2 Å². The maximum Gasteiger partial charge on any atom is 0.331 e. The quantitative estimate of drug-likeness (QED) is 0.638. The molecule has 1 amide bonds. The van der Waals surface area contributed by atoms with Crippen LogP contribution < -0.4 is 5.32 Å². The third-order valence-electron chi connectivity index (χ3n) is 2.19. The first-order valence-corrected chi connectivity index (χ1v) is 6.56. The van der Waals surface area contributed by atoms with Crippen LogP contribution in [0.2, 0.25) is 5.02 Å². The molecule has 0 fully saturated rings. The lowest BCUT2D eigenvalue weighted by Crippen LogP contribution is -2.20. The van der Waals surface area contributed by atoms with Crippen LogP contribution in [0, 0.1) is 5.82 Å². The Morgan fingerprint density at radius 3 is 2.45 bits per heavy atom. The summed E-state index contributed by atoms with van der Waals surface area (Å²) < 4.78 is 22.0. The van der Waals surface area contributed by atoms with Crippen LogP contribution in [0.25, 0.3) is 0 Å². The molecule has 0 spiro atoms. The summed E-state index contributed by atoms with van der Waals surface area (Å²) in [5, 5.41) is 2.36. The van der Waals surface area contributed by atoms with Crippen LogP contribution in [0.3, 0.4) is 0 Å². The van der Waals surface area contributed by atoms with Crippen LogP contribution in [0.15, 0.2) is 30.4 Å². The van der Waals surface area contributed by atoms with Gasteiger partial charge in [0, 0.05) is 12.2 Å². The van der Waals surface area contributed by atoms with E-state index < -0.39 is 30.3 Å². The van der Waals surface area contributed by atoms with E-state index in [1.54, 1.807) is 6.92 Å². The van der Waals surface area contributed by atoms with E-state index in [2.05, 4.69) is 14.8 Å². The number of amides is 1. The molecule has 0 heterocycles. The topological polar surface area (TPSA) is 81.7 Å². The van der Waals surface area contributed by atoms with Crippen LogP contribution >= 0.6 is 11.6 Å². The highest BCUT2D eigenvalue weighted by molar-refractivity contribution is 6.33. The third-order valence-corrected chi connectivity index (χ3v) is 2.51. The molecule has 0 radical (unpaired) electrons. The minimum absolute atomic E-state index is 0.0156. The summed E-state index contributed by atoms with van der Waals surface area (Å²) in [6.07, 6.45) is 1.73. The molecule has 6 nitrogen and oxygen atoms in total. The minimum Gasteiger partial charge on any atom is -0.463 e. The number of rotatable bonds is 6. The molecule has 0 aliphatic rings. The summed E-state index contributed by atoms with van der Waals surface area (Å²) in [4.78, 5) is 33.7. The van der Waals surface area contributed by atoms with E-state index in [9.17, 15) is 18.8 Å². The number of nitrogens with one attached hydrogen (secondary N) is 1. The summed E-state index contributed by atoms with van der Waals surface area (Å²) in [6, 6.07) is 3.43. The van der Waals surface area contributed by atoms with Crippen molar-refractivity contribution in [3.63, 3.8) is 0 Å². The van der Waals surface area contributed by atoms with Crippen LogP contribution in [0.4, 0.5) is 10.1 Å². The number of carbonyl (C=O) groups is 3. The van der Waals surface area contributed by atoms with Crippen molar-refractivity contribution in [3.8, 4) is 0 Å². The first-order chi connectivity index (χ1) is 10.4. The van der Waals surface area contributed by atoms with Gasteiger partial charge in [0.05, 0.1) is 17.3 Å². The molecule has 118 valence electrons. The molecule has 1 aromatic rings. The minimum atomic E-state index is -0.881. The van der Waals surface area contributed by atoms with Crippen LogP contribution in [-0.2, 0) is 23.9 Å². The standard InChI is InChI=1S/C14H13ClFNO5/c1-2-21-13(19)5-6-14(20)22-8-12(18)17-11-4-3-9(16)7-10(11)15/h3-7H,2,8H2,1H3,(H,17,18)/b6-5+. The zero-order valence-corrected chi connectivity index (χ0v) is 12.4. The number of anilines is 1. The Hall–Kier alpha value is -2.41. The third kappa shape index (κ3) is 6.36. The fourth-order valence-electron chi connectivity index (χ4n) is 1.29. The number of benzene rings is 1. The Morgan fingerprint density at radius 1 is 1.23 bits per heavy atom. The van der Waals surface area contributed by atoms with E-state index in [0.29, 0.717) is 0 Å². The average molecular weight is 330 g/mol. The number of ether oxygens (including phenoxy) is 2. The monoisotopic (exact) mass is 329 g/mol. The van der Waals surface area contributed by atoms with Gasteiger partial charge in [0.1, 0.15) is 5.82 Å². The average Bonchev–Trinajstić information content (AvgIpc) is 2.46. The maximum atomic E-state index is 12.8. The Bertz CT molecular complexity index is 603. The Morgan fingerprint density at radius 2 is 1.86 bits per heavy atom. The van der Waals surface area contributed by atoms with Crippen molar-refractivity contribution in [2.45, 2.75) is 6.92 Å². The Labute approximate surface area is 130 Å². The van der Waals surface area contributed by atoms with Crippen molar-refractivity contribution < 1.29 is 28.2 Å². The smallest absolute Gasteiger partial charge is 0.331 e. The van der Waals surface area contributed by atoms with Crippen LogP contribution in [0.5, 0.6) is 0 Å². The van der Waals surface area contributed by atoms with Crippen molar-refractivity contribution in [2.75, 3.05) is 18.5 Å². The van der Waals surface area contributed by atoms with E-state index in [4.69, 9.17) is 11.6 Å². The van der Waals surface area contributed by atoms with E-state index in [-0.39, 0.29) is 17.3 Å². The highest BCUT2D eigenvalue weighted by Crippen LogP contribution is 2.22. The highest BCUT2D eigenvalue weighted by atomic mass is 35.5. The van der Waals surface area contributed by atoms with Gasteiger partial charge in [-0.1, -0.05) is 11.6 Å². The van der Waals surface area contributed by atoms with Gasteiger partial charge in [0.15, 0.2) is 6.61 Å². The fraction of sp³-hybridized carbons (Fsp3) is 0.214. The maximum absolute atomic E-state index is 12.8. The lowest BCUT2D eigenvalue weighted by atomic mass is 10.3. The molecule has 0 atom stereocenters. The van der Waals surface area contributed by atoms with Gasteiger partial charge in [0.2, 0.25) is 0 Å². The van der Waals surface area contributed by atoms with Crippen LogP contribution in [0.1, 0.15) is 6.92 Å². The van der Waals surface area contributed by atoms with Gasteiger partial charge in [-0.05, 0) is 25.1 Å². The number of esters is 2. The molecule has 1 N–H and O–H groups in total. The van der Waals surface area contributed by atoms with Gasteiger partial charge in [-0.25, -0.2) is 14.0 Å². The van der Waals surface area contributed by atoms with Gasteiger partial charge in [0.25, 0.3) is 5.91 Å². The normalized spacial score (nSPS) is 10.3. The molecule has 0 saturated carbocycles. The molecule has 0 aliphatic carbocycles. The molecular weight excluding hydrogens is 317 g/mol. The van der Waals surface area contributed by atoms with Crippen LogP contribution in [-0.4, -0.2) is 31.1 Å². The summed E-state index contributed by atoms with van der Waals surface area (Å²) in [5.74, 6) is -2.78. The molecular formula is C14H13ClFNO5. The summed E-state index contributed by atoms with van der Waals surface area (Å²) in [5.41, 5.74) is 0.186. The largest absolute Gasteiger partial charge is 0.463 e. The summed E-state index contributed by atoms with van der Waals surface area (Å²) >= 11 is 5.73. The number of hydrogen-bond acceptors (Lipinski definition) is 5. The van der Waals surface area contributed by atoms with E-state index >= 15 is 0 Å². The van der Waals surface area contributed by atoms with Gasteiger partial charge in [-0.15, -0.1) is 0 Å². The molecule has 1 aromatic carbocycles. The van der Waals surface area contributed by atoms with Crippen molar-refractivity contribution in [1.29, 1.82) is 0 Å². The number of carbonyl (C=O) groups excluding carboxylic acids is 3. The van der Waals surface area contributed by atoms with Gasteiger partial charge < -0.3 is 14.8 Å². The van der Waals surface area contributed by atoms with E-state index in [1.165, 1.54) is 6.07 Å². The number of halogens is 2. The summed E-state index contributed by atoms with van der Waals surface area (Å²) in [7, 11) is 0. The van der Waals surface area contributed by atoms with Gasteiger partial charge in [-0.2, -0.15) is 0 Å². The lowest BCUT2D eigenvalue weighted by molar-refractivity contribution is -0.143. The Balaban J connectivity index is 2.42. The van der Waals surface area contributed by atoms with Crippen molar-refractivity contribution in [1.82, 2.24) is 0 Å². The highest BCUT2D eigenvalue weighted by Gasteiger charge is 2.09. The van der Waals surface area contributed by atoms with Crippen molar-refractivity contribution >= 4 is 35.1 Å². The zero-order valence-electron chi connectivity index (χ0n) is 11.6. The van der Waals surface area contributed by atoms with Gasteiger partial charge in [-0.3, -0.25) is 4.79 Å². The fourth-order valence-corrected chi connectivity index (χ4v) is 1.50. The molecule has 8 heteroatoms. The second-order valence-electron chi connectivity index (χ2n) is 3.87. The van der Waals surface area contributed by atoms with Crippen molar-refractivity contribution in [2.24, 2.45) is 0 Å². The van der Waals surface area contributed by atoms with Gasteiger partial charge >= 0.3 is 11.9 Å².